The van der Waals surface area contributed by atoms with Gasteiger partial charge in [0.15, 0.2) is 0 Å². The maximum absolute atomic E-state index is 11.1. The fourth-order valence-electron chi connectivity index (χ4n) is 1.90. The summed E-state index contributed by atoms with van der Waals surface area (Å²) in [5.74, 6) is 0. The Morgan fingerprint density at radius 1 is 1.60 bits per heavy atom. The van der Waals surface area contributed by atoms with E-state index < -0.39 is 0 Å². The van der Waals surface area contributed by atoms with E-state index in [9.17, 15) is 4.79 Å². The molecule has 0 N–H and O–H groups in total. The Balaban J connectivity index is 0.00000112. The molecule has 0 saturated carbocycles. The average molecular weight is 247 g/mol. The molecule has 1 fully saturated rings. The van der Waals surface area contributed by atoms with Crippen molar-refractivity contribution in [3.63, 3.8) is 0 Å². The van der Waals surface area contributed by atoms with Gasteiger partial charge in [-0.3, -0.25) is 9.78 Å². The van der Waals surface area contributed by atoms with Crippen LogP contribution in [0.2, 0.25) is 0 Å². The van der Waals surface area contributed by atoms with Crippen molar-refractivity contribution >= 4 is 29.4 Å². The van der Waals surface area contributed by atoms with Crippen LogP contribution in [0, 0.1) is 0 Å². The van der Waals surface area contributed by atoms with Crippen LogP contribution in [0.3, 0.4) is 0 Å². The van der Waals surface area contributed by atoms with Gasteiger partial charge in [0.2, 0.25) is 0 Å². The zero-order chi connectivity index (χ0) is 9.97. The predicted molar refractivity (Wildman–Crippen MR) is 61.4 cm³/mol. The van der Waals surface area contributed by atoms with E-state index in [0.29, 0.717) is 0 Å². The smallest absolute Gasteiger partial charge is 0.316 e. The third-order valence-electron chi connectivity index (χ3n) is 2.55. The van der Waals surface area contributed by atoms with E-state index in [0.717, 1.165) is 24.9 Å². The van der Waals surface area contributed by atoms with Gasteiger partial charge in [-0.2, -0.15) is 0 Å². The van der Waals surface area contributed by atoms with E-state index in [1.165, 1.54) is 0 Å². The largest absolute Gasteiger partial charge is 0.322 e. The Hall–Kier alpha value is -0.800. The summed E-state index contributed by atoms with van der Waals surface area (Å²) in [6, 6.07) is 3.98. The summed E-state index contributed by atoms with van der Waals surface area (Å²) in [6.07, 6.45) is 5.51. The lowest BCUT2D eigenvalue weighted by Crippen LogP contribution is -2.25. The third-order valence-corrected chi connectivity index (χ3v) is 2.76. The van der Waals surface area contributed by atoms with Gasteiger partial charge in [-0.15, -0.1) is 12.4 Å². The van der Waals surface area contributed by atoms with E-state index in [4.69, 9.17) is 11.6 Å². The number of pyridine rings is 1. The first-order valence-corrected chi connectivity index (χ1v) is 5.03. The lowest BCUT2D eigenvalue weighted by Gasteiger charge is -2.21. The van der Waals surface area contributed by atoms with Crippen LogP contribution in [0.5, 0.6) is 0 Å². The number of nitrogens with zero attached hydrogens (tertiary/aromatic N) is 2. The molecule has 1 aromatic rings. The van der Waals surface area contributed by atoms with Gasteiger partial charge in [0.25, 0.3) is 0 Å². The van der Waals surface area contributed by atoms with Crippen LogP contribution in [0.1, 0.15) is 24.4 Å². The van der Waals surface area contributed by atoms with Crippen molar-refractivity contribution in [2.75, 3.05) is 6.54 Å². The van der Waals surface area contributed by atoms with Crippen molar-refractivity contribution in [2.45, 2.75) is 18.9 Å². The van der Waals surface area contributed by atoms with Crippen molar-refractivity contribution in [3.8, 4) is 0 Å². The maximum atomic E-state index is 11.1. The minimum atomic E-state index is -0.364. The topological polar surface area (TPSA) is 33.2 Å². The molecule has 0 aromatic carbocycles. The molecule has 1 saturated heterocycles. The van der Waals surface area contributed by atoms with Crippen molar-refractivity contribution < 1.29 is 4.79 Å². The average Bonchev–Trinajstić information content (AvgIpc) is 2.67. The summed E-state index contributed by atoms with van der Waals surface area (Å²) in [6.45, 7) is 0.752. The number of amides is 1. The van der Waals surface area contributed by atoms with Gasteiger partial charge in [0, 0.05) is 18.9 Å². The van der Waals surface area contributed by atoms with Crippen molar-refractivity contribution in [1.29, 1.82) is 0 Å². The van der Waals surface area contributed by atoms with Gasteiger partial charge >= 0.3 is 5.37 Å². The number of aromatic nitrogens is 1. The summed E-state index contributed by atoms with van der Waals surface area (Å²) < 4.78 is 0. The zero-order valence-corrected chi connectivity index (χ0v) is 9.67. The van der Waals surface area contributed by atoms with Gasteiger partial charge in [-0.05, 0) is 36.1 Å². The van der Waals surface area contributed by atoms with Crippen LogP contribution in [0.25, 0.3) is 0 Å². The standard InChI is InChI=1S/C10H11ClN2O.ClH/c11-10(14)13-6-2-4-9(13)8-3-1-5-12-7-8;/h1,3,5,7,9H,2,4,6H2;1H. The van der Waals surface area contributed by atoms with Crippen LogP contribution in [0.4, 0.5) is 4.79 Å². The fraction of sp³-hybridized carbons (Fsp3) is 0.400. The molecule has 0 bridgehead atoms. The molecule has 2 heterocycles. The second-order valence-corrected chi connectivity index (χ2v) is 3.71. The van der Waals surface area contributed by atoms with Gasteiger partial charge in [-0.1, -0.05) is 6.07 Å². The monoisotopic (exact) mass is 246 g/mol. The molecule has 1 aliphatic heterocycles. The second-order valence-electron chi connectivity index (χ2n) is 3.39. The minimum Gasteiger partial charge on any atom is -0.322 e. The van der Waals surface area contributed by atoms with Crippen LogP contribution in [-0.2, 0) is 0 Å². The van der Waals surface area contributed by atoms with Crippen LogP contribution >= 0.6 is 24.0 Å². The highest BCUT2D eigenvalue weighted by Crippen LogP contribution is 2.32. The molecule has 5 heteroatoms. The molecule has 1 amide bonds. The van der Waals surface area contributed by atoms with E-state index in [1.54, 1.807) is 17.3 Å². The van der Waals surface area contributed by atoms with Crippen molar-refractivity contribution in [1.82, 2.24) is 9.88 Å². The number of likely N-dealkylation sites (tertiary alicyclic amines) is 1. The van der Waals surface area contributed by atoms with Gasteiger partial charge < -0.3 is 4.90 Å². The molecule has 0 spiro atoms. The Kier molecular flexibility index (Phi) is 4.36. The predicted octanol–water partition coefficient (Wildman–Crippen LogP) is 3.00. The Morgan fingerprint density at radius 3 is 3.00 bits per heavy atom. The molecule has 1 atom stereocenters. The highest BCUT2D eigenvalue weighted by atomic mass is 35.5. The number of carbonyl (C=O) groups is 1. The lowest BCUT2D eigenvalue weighted by atomic mass is 10.1. The third kappa shape index (κ3) is 2.61. The Morgan fingerprint density at radius 2 is 2.40 bits per heavy atom. The number of hydrogen-bond donors (Lipinski definition) is 0. The molecule has 2 rings (SSSR count). The first-order chi connectivity index (χ1) is 6.79. The number of carbonyl (C=O) groups excluding carboxylic acids is 1. The van der Waals surface area contributed by atoms with Crippen LogP contribution in [-0.4, -0.2) is 21.8 Å². The molecular formula is C10H12Cl2N2O. The van der Waals surface area contributed by atoms with Crippen LogP contribution in [0.15, 0.2) is 24.5 Å². The van der Waals surface area contributed by atoms with Gasteiger partial charge in [0.05, 0.1) is 6.04 Å². The van der Waals surface area contributed by atoms with Gasteiger partial charge in [-0.25, -0.2) is 0 Å². The number of hydrogen-bond acceptors (Lipinski definition) is 2. The molecule has 0 aliphatic carbocycles. The summed E-state index contributed by atoms with van der Waals surface area (Å²) in [5, 5.41) is -0.364. The molecule has 82 valence electrons. The first-order valence-electron chi connectivity index (χ1n) is 4.65. The Labute approximate surface area is 99.8 Å². The highest BCUT2D eigenvalue weighted by molar-refractivity contribution is 6.62. The number of halogens is 2. The summed E-state index contributed by atoms with van der Waals surface area (Å²) >= 11 is 5.50. The van der Waals surface area contributed by atoms with E-state index in [2.05, 4.69) is 4.98 Å². The van der Waals surface area contributed by atoms with E-state index >= 15 is 0 Å². The molecule has 1 unspecified atom stereocenters. The second kappa shape index (κ2) is 5.33. The molecule has 15 heavy (non-hydrogen) atoms. The SMILES string of the molecule is Cl.O=C(Cl)N1CCCC1c1cccnc1. The first kappa shape index (κ1) is 12.3. The molecule has 1 aromatic heterocycles. The van der Waals surface area contributed by atoms with Crippen LogP contribution < -0.4 is 0 Å². The molecule has 0 radical (unpaired) electrons. The lowest BCUT2D eigenvalue weighted by molar-refractivity contribution is 0.217. The molecule has 3 nitrogen and oxygen atoms in total. The summed E-state index contributed by atoms with van der Waals surface area (Å²) in [5.41, 5.74) is 1.07. The fourth-order valence-corrected chi connectivity index (χ4v) is 2.10. The quantitative estimate of drug-likeness (QED) is 0.564. The molecule has 1 aliphatic rings. The minimum absolute atomic E-state index is 0. The van der Waals surface area contributed by atoms with Crippen molar-refractivity contribution in [3.05, 3.63) is 30.1 Å². The number of rotatable bonds is 1. The van der Waals surface area contributed by atoms with E-state index in [1.807, 2.05) is 12.1 Å². The zero-order valence-electron chi connectivity index (χ0n) is 8.10. The maximum Gasteiger partial charge on any atom is 0.316 e. The van der Waals surface area contributed by atoms with E-state index in [-0.39, 0.29) is 23.8 Å². The summed E-state index contributed by atoms with van der Waals surface area (Å²) in [4.78, 5) is 16.8. The normalized spacial score (nSPS) is 19.8. The molecular weight excluding hydrogens is 235 g/mol. The Bertz CT molecular complexity index is 331. The van der Waals surface area contributed by atoms with Gasteiger partial charge in [0.1, 0.15) is 0 Å². The highest BCUT2D eigenvalue weighted by Gasteiger charge is 2.28. The summed E-state index contributed by atoms with van der Waals surface area (Å²) in [7, 11) is 0. The van der Waals surface area contributed by atoms with Crippen molar-refractivity contribution in [2.24, 2.45) is 0 Å².